The second-order valence-electron chi connectivity index (χ2n) is 29.8. The van der Waals surface area contributed by atoms with E-state index in [1.54, 1.807) is 31.2 Å². The molecule has 15 nitrogen and oxygen atoms in total. The van der Waals surface area contributed by atoms with Gasteiger partial charge in [-0.3, -0.25) is 0 Å². The monoisotopic (exact) mass is 1590 g/mol. The van der Waals surface area contributed by atoms with Crippen LogP contribution < -0.4 is 0 Å². The molecule has 0 amide bonds. The Balaban J connectivity index is 0.812. The number of nitrogens with zero attached hydrogens (tertiary/aromatic N) is 15. The summed E-state index contributed by atoms with van der Waals surface area (Å²) in [7, 11) is 0. The zero-order valence-corrected chi connectivity index (χ0v) is 65.6. The zero-order valence-electron chi connectivity index (χ0n) is 65.6. The third-order valence-corrected chi connectivity index (χ3v) is 22.1. The van der Waals surface area contributed by atoms with Crippen LogP contribution in [-0.2, 0) is 6.18 Å². The molecular formula is C105H64F3N15. The predicted octanol–water partition coefficient (Wildman–Crippen LogP) is 25.8. The minimum Gasteiger partial charge on any atom is -0.309 e. The van der Waals surface area contributed by atoms with Crippen molar-refractivity contribution < 1.29 is 13.2 Å². The van der Waals surface area contributed by atoms with Crippen LogP contribution in [0.3, 0.4) is 0 Å². The van der Waals surface area contributed by atoms with Crippen molar-refractivity contribution in [3.05, 3.63) is 393 Å². The van der Waals surface area contributed by atoms with E-state index in [0.717, 1.165) is 83.2 Å². The third kappa shape index (κ3) is 14.0. The van der Waals surface area contributed by atoms with Gasteiger partial charge in [0.1, 0.15) is 0 Å². The minimum atomic E-state index is -4.75. The van der Waals surface area contributed by atoms with Crippen LogP contribution in [0.25, 0.3) is 219 Å². The molecule has 0 aliphatic heterocycles. The summed E-state index contributed by atoms with van der Waals surface area (Å²) in [5.74, 6) is 5.61. The molecule has 0 bridgehead atoms. The lowest BCUT2D eigenvalue weighted by molar-refractivity contribution is -0.137. The highest BCUT2D eigenvalue weighted by atomic mass is 19.4. The van der Waals surface area contributed by atoms with Gasteiger partial charge in [-0.1, -0.05) is 267 Å². The average molecular weight is 1590 g/mol. The van der Waals surface area contributed by atoms with Gasteiger partial charge in [-0.25, -0.2) is 64.7 Å². The maximum Gasteiger partial charge on any atom is 0.417 e. The summed E-state index contributed by atoms with van der Waals surface area (Å²) in [6, 6.07) is 118. The van der Waals surface area contributed by atoms with E-state index >= 15 is 13.2 Å². The standard InChI is InChI=1S/C105H64F3N15/c1-64-28-27-45-85(105(106,107)108)92(64)73-46-53-89(123-90-56-49-76(103-118-97(69-37-19-7-20-38-69)112-98(119-103)70-39-21-8-22-40-70)61-83(90)84-62-77(50-57-91(84)123)104-120-99(71-41-23-9-24-42-71)113-100(121-104)72-43-25-10-26-44-72)80(58-73)79-63-78(51-52-86(79)109-2)122-87-54-47-74(101-114-93(65-29-11-3-12-30-65)110-94(115-101)66-31-13-4-14-32-66)59-81(87)82-60-75(48-55-88(82)122)102-116-95(67-33-15-5-16-34-67)111-96(117-102)68-35-17-6-18-36-68/h3-63H,1H3. The number of fused-ring (bicyclic) bond motifs is 6. The minimum absolute atomic E-state index is 0.00271. The zero-order chi connectivity index (χ0) is 82.7. The van der Waals surface area contributed by atoms with Crippen molar-refractivity contribution in [1.29, 1.82) is 0 Å². The molecule has 21 rings (SSSR count). The second-order valence-corrected chi connectivity index (χ2v) is 29.8. The molecule has 0 spiro atoms. The van der Waals surface area contributed by atoms with Gasteiger partial charge in [0.2, 0.25) is 0 Å². The molecule has 0 radical (unpaired) electrons. The fourth-order valence-corrected chi connectivity index (χ4v) is 16.3. The topological polar surface area (TPSA) is 169 Å². The van der Waals surface area contributed by atoms with Crippen molar-refractivity contribution in [3.8, 4) is 170 Å². The van der Waals surface area contributed by atoms with E-state index in [1.165, 1.54) is 6.07 Å². The molecule has 123 heavy (non-hydrogen) atoms. The first-order valence-electron chi connectivity index (χ1n) is 39.9. The first kappa shape index (κ1) is 73.8. The Labute approximate surface area is 703 Å². The van der Waals surface area contributed by atoms with Gasteiger partial charge in [0.15, 0.2) is 75.6 Å². The van der Waals surface area contributed by atoms with Crippen LogP contribution in [0.2, 0.25) is 0 Å². The average Bonchev–Trinajstić information content (AvgIpc) is 1.59. The van der Waals surface area contributed by atoms with E-state index in [2.05, 4.69) is 50.4 Å². The van der Waals surface area contributed by atoms with Gasteiger partial charge in [0.05, 0.1) is 39.9 Å². The molecular weight excluding hydrogens is 1530 g/mol. The van der Waals surface area contributed by atoms with Gasteiger partial charge in [-0.2, -0.15) is 13.2 Å². The van der Waals surface area contributed by atoms with Crippen LogP contribution in [0, 0.1) is 13.5 Å². The lowest BCUT2D eigenvalue weighted by Gasteiger charge is -2.20. The molecule has 15 aromatic carbocycles. The van der Waals surface area contributed by atoms with E-state index in [9.17, 15) is 6.57 Å². The van der Waals surface area contributed by atoms with Gasteiger partial charge in [-0.15, -0.1) is 0 Å². The Hall–Kier alpha value is -16.8. The summed E-state index contributed by atoms with van der Waals surface area (Å²) in [5.41, 5.74) is 14.4. The molecule has 0 saturated heterocycles. The van der Waals surface area contributed by atoms with E-state index in [0.29, 0.717) is 131 Å². The van der Waals surface area contributed by atoms with Crippen molar-refractivity contribution >= 4 is 49.3 Å². The summed E-state index contributed by atoms with van der Waals surface area (Å²) in [5, 5.41) is 3.14. The number of benzene rings is 15. The van der Waals surface area contributed by atoms with Gasteiger partial charge >= 0.3 is 6.18 Å². The molecule has 6 aromatic heterocycles. The Bertz CT molecular complexity index is 7130. The van der Waals surface area contributed by atoms with Crippen molar-refractivity contribution in [2.24, 2.45) is 0 Å². The fourth-order valence-electron chi connectivity index (χ4n) is 16.3. The maximum absolute atomic E-state index is 15.8. The van der Waals surface area contributed by atoms with Crippen molar-refractivity contribution in [2.45, 2.75) is 13.1 Å². The summed E-state index contributed by atoms with van der Waals surface area (Å²) in [6.45, 7) is 10.9. The lowest BCUT2D eigenvalue weighted by atomic mass is 9.91. The molecule has 18 heteroatoms. The van der Waals surface area contributed by atoms with Crippen LogP contribution in [0.5, 0.6) is 0 Å². The lowest BCUT2D eigenvalue weighted by Crippen LogP contribution is -2.08. The Morgan fingerprint density at radius 3 is 0.789 bits per heavy atom. The van der Waals surface area contributed by atoms with E-state index in [1.807, 2.05) is 297 Å². The predicted molar refractivity (Wildman–Crippen MR) is 481 cm³/mol. The molecule has 0 saturated carbocycles. The fraction of sp³-hybridized carbons (Fsp3) is 0.0190. The summed E-state index contributed by atoms with van der Waals surface area (Å²) in [6.07, 6.45) is -4.75. The highest BCUT2D eigenvalue weighted by Crippen LogP contribution is 2.48. The number of aromatic nitrogens is 14. The largest absolute Gasteiger partial charge is 0.417 e. The quantitative estimate of drug-likeness (QED) is 0.0841. The van der Waals surface area contributed by atoms with Crippen molar-refractivity contribution in [1.82, 2.24) is 68.9 Å². The highest BCUT2D eigenvalue weighted by molar-refractivity contribution is 6.14. The Morgan fingerprint density at radius 2 is 0.512 bits per heavy atom. The van der Waals surface area contributed by atoms with Crippen LogP contribution in [0.4, 0.5) is 18.9 Å². The molecule has 6 heterocycles. The van der Waals surface area contributed by atoms with Crippen LogP contribution in [0.1, 0.15) is 11.1 Å². The third-order valence-electron chi connectivity index (χ3n) is 22.1. The SMILES string of the molecule is [C-]#[N+]c1ccc(-n2c3ccc(-c4nc(-c5ccccc5)nc(-c5ccccc5)n4)cc3c3cc(-c4nc(-c5ccccc5)nc(-c5ccccc5)n4)ccc32)cc1-c1cc(-c2c(C)cccc2C(F)(F)F)ccc1-n1c2ccc(-c3nc(-c4ccccc4)nc(-c4ccccc4)n3)cc2c2cc(-c3nc(-c4ccccc4)nc(-c4ccccc4)n3)ccc21. The van der Waals surface area contributed by atoms with Crippen LogP contribution >= 0.6 is 0 Å². The first-order chi connectivity index (χ1) is 60.4. The van der Waals surface area contributed by atoms with Gasteiger partial charge in [0, 0.05) is 94.0 Å². The van der Waals surface area contributed by atoms with E-state index in [4.69, 9.17) is 59.8 Å². The van der Waals surface area contributed by atoms with Crippen LogP contribution in [0.15, 0.2) is 370 Å². The Kier molecular flexibility index (Phi) is 18.6. The van der Waals surface area contributed by atoms with E-state index in [-0.39, 0.29) is 16.8 Å². The van der Waals surface area contributed by atoms with Gasteiger partial charge in [0.25, 0.3) is 0 Å². The molecule has 0 N–H and O–H groups in total. The number of hydrogen-bond acceptors (Lipinski definition) is 12. The van der Waals surface area contributed by atoms with Gasteiger partial charge < -0.3 is 9.13 Å². The summed E-state index contributed by atoms with van der Waals surface area (Å²) in [4.78, 5) is 66.2. The molecule has 21 aromatic rings. The van der Waals surface area contributed by atoms with Crippen molar-refractivity contribution in [3.63, 3.8) is 0 Å². The second kappa shape index (κ2) is 30.9. The number of hydrogen-bond donors (Lipinski definition) is 0. The first-order valence-corrected chi connectivity index (χ1v) is 39.9. The number of rotatable bonds is 16. The maximum atomic E-state index is 15.8. The molecule has 0 atom stereocenters. The number of alkyl halides is 3. The molecule has 0 aliphatic carbocycles. The summed E-state index contributed by atoms with van der Waals surface area (Å²) >= 11 is 0. The molecule has 0 fully saturated rings. The molecule has 0 unspecified atom stereocenters. The summed E-state index contributed by atoms with van der Waals surface area (Å²) < 4.78 is 51.7. The number of aryl methyl sites for hydroxylation is 1. The molecule has 0 aliphatic rings. The van der Waals surface area contributed by atoms with Gasteiger partial charge in [-0.05, 0) is 138 Å². The molecule has 580 valence electrons. The van der Waals surface area contributed by atoms with Crippen LogP contribution in [-0.4, -0.2) is 68.9 Å². The van der Waals surface area contributed by atoms with E-state index < -0.39 is 11.7 Å². The smallest absolute Gasteiger partial charge is 0.309 e. The Morgan fingerprint density at radius 1 is 0.244 bits per heavy atom. The number of halogens is 3. The normalized spacial score (nSPS) is 11.6. The highest BCUT2D eigenvalue weighted by Gasteiger charge is 2.35. The van der Waals surface area contributed by atoms with Crippen molar-refractivity contribution in [2.75, 3.05) is 0 Å².